The fourth-order valence-corrected chi connectivity index (χ4v) is 10.8. The average molecular weight is 802 g/mol. The first kappa shape index (κ1) is 35.5. The van der Waals surface area contributed by atoms with Gasteiger partial charge >= 0.3 is 0 Å². The van der Waals surface area contributed by atoms with Gasteiger partial charge in [0.15, 0.2) is 0 Å². The van der Waals surface area contributed by atoms with Crippen LogP contribution in [0.4, 0.5) is 17.1 Å². The standard InChI is InChI=1S/C61H39NO/c1-2-14-40(15-3-1)41-26-31-45(32-27-41)62(46-33-28-43(29-34-46)53-38-44-17-5-6-18-48(44)50-20-8-9-21-51(50)53)47-35-36-52-57(39-47)61(56-37-30-42-16-4-7-19-49(42)60(52)56)54-22-10-12-24-58(54)63-59-25-13-11-23-55(59)61/h1-39H. The third-order valence-corrected chi connectivity index (χ3v) is 13.5. The topological polar surface area (TPSA) is 12.5 Å². The van der Waals surface area contributed by atoms with Crippen molar-refractivity contribution in [2.45, 2.75) is 5.41 Å². The molecule has 1 heterocycles. The molecule has 1 aliphatic carbocycles. The van der Waals surface area contributed by atoms with Crippen molar-refractivity contribution in [1.82, 2.24) is 0 Å². The summed E-state index contributed by atoms with van der Waals surface area (Å²) in [5.74, 6) is 1.78. The number of rotatable bonds is 5. The van der Waals surface area contributed by atoms with Gasteiger partial charge in [0, 0.05) is 28.2 Å². The Morgan fingerprint density at radius 3 is 1.56 bits per heavy atom. The van der Waals surface area contributed by atoms with Gasteiger partial charge in [-0.15, -0.1) is 0 Å². The number of ether oxygens (including phenoxy) is 1. The average Bonchev–Trinajstić information content (AvgIpc) is 3.65. The maximum atomic E-state index is 6.73. The molecule has 11 aromatic rings. The summed E-state index contributed by atoms with van der Waals surface area (Å²) in [5, 5.41) is 7.53. The summed E-state index contributed by atoms with van der Waals surface area (Å²) < 4.78 is 6.73. The van der Waals surface area contributed by atoms with E-state index in [9.17, 15) is 0 Å². The molecule has 2 aliphatic rings. The van der Waals surface area contributed by atoms with Crippen molar-refractivity contribution in [3.8, 4) is 44.9 Å². The van der Waals surface area contributed by atoms with Crippen molar-refractivity contribution in [2.24, 2.45) is 0 Å². The summed E-state index contributed by atoms with van der Waals surface area (Å²) in [7, 11) is 0. The van der Waals surface area contributed by atoms with Crippen LogP contribution in [0.5, 0.6) is 11.5 Å². The number of nitrogens with zero attached hydrogens (tertiary/aromatic N) is 1. The minimum absolute atomic E-state index is 0.611. The summed E-state index contributed by atoms with van der Waals surface area (Å²) in [4.78, 5) is 2.42. The van der Waals surface area contributed by atoms with Crippen LogP contribution in [0.25, 0.3) is 65.7 Å². The van der Waals surface area contributed by atoms with Gasteiger partial charge in [-0.3, -0.25) is 0 Å². The Morgan fingerprint density at radius 1 is 0.302 bits per heavy atom. The lowest BCUT2D eigenvalue weighted by Crippen LogP contribution is -2.32. The third-order valence-electron chi connectivity index (χ3n) is 13.5. The molecule has 0 radical (unpaired) electrons. The Morgan fingerprint density at radius 2 is 0.841 bits per heavy atom. The van der Waals surface area contributed by atoms with E-state index in [-0.39, 0.29) is 0 Å². The first-order valence-electron chi connectivity index (χ1n) is 21.7. The van der Waals surface area contributed by atoms with E-state index in [2.05, 4.69) is 241 Å². The smallest absolute Gasteiger partial charge is 0.132 e. The zero-order chi connectivity index (χ0) is 41.5. The molecule has 0 bridgehead atoms. The van der Waals surface area contributed by atoms with Crippen molar-refractivity contribution >= 4 is 49.4 Å². The molecular weight excluding hydrogens is 763 g/mol. The van der Waals surface area contributed by atoms with Gasteiger partial charge in [0.1, 0.15) is 11.5 Å². The molecule has 13 rings (SSSR count). The van der Waals surface area contributed by atoms with E-state index in [0.29, 0.717) is 0 Å². The molecule has 11 aromatic carbocycles. The van der Waals surface area contributed by atoms with Gasteiger partial charge in [0.25, 0.3) is 0 Å². The molecule has 2 nitrogen and oxygen atoms in total. The fraction of sp³-hybridized carbons (Fsp3) is 0.0164. The van der Waals surface area contributed by atoms with Crippen molar-refractivity contribution in [1.29, 1.82) is 0 Å². The number of para-hydroxylation sites is 2. The number of hydrogen-bond acceptors (Lipinski definition) is 2. The molecule has 0 unspecified atom stereocenters. The zero-order valence-corrected chi connectivity index (χ0v) is 34.4. The Kier molecular flexibility index (Phi) is 7.85. The lowest BCUT2D eigenvalue weighted by Gasteiger charge is -2.39. The number of benzene rings is 11. The lowest BCUT2D eigenvalue weighted by atomic mass is 9.66. The van der Waals surface area contributed by atoms with Crippen LogP contribution >= 0.6 is 0 Å². The monoisotopic (exact) mass is 801 g/mol. The largest absolute Gasteiger partial charge is 0.457 e. The summed E-state index contributed by atoms with van der Waals surface area (Å²) >= 11 is 0. The first-order valence-corrected chi connectivity index (χ1v) is 21.7. The van der Waals surface area contributed by atoms with Crippen molar-refractivity contribution in [3.05, 3.63) is 259 Å². The van der Waals surface area contributed by atoms with Crippen LogP contribution in [0, 0.1) is 0 Å². The van der Waals surface area contributed by atoms with Crippen LogP contribution in [0.15, 0.2) is 237 Å². The Bertz CT molecular complexity index is 3540. The number of hydrogen-bond donors (Lipinski definition) is 0. The van der Waals surface area contributed by atoms with E-state index in [1.165, 1.54) is 76.8 Å². The van der Waals surface area contributed by atoms with E-state index in [1.54, 1.807) is 0 Å². The molecule has 0 aromatic heterocycles. The van der Waals surface area contributed by atoms with Crippen LogP contribution in [0.2, 0.25) is 0 Å². The van der Waals surface area contributed by atoms with Crippen LogP contribution in [0.3, 0.4) is 0 Å². The van der Waals surface area contributed by atoms with E-state index in [4.69, 9.17) is 4.74 Å². The van der Waals surface area contributed by atoms with E-state index < -0.39 is 5.41 Å². The predicted octanol–water partition coefficient (Wildman–Crippen LogP) is 16.4. The highest BCUT2D eigenvalue weighted by atomic mass is 16.5. The molecule has 0 saturated carbocycles. The highest BCUT2D eigenvalue weighted by molar-refractivity contribution is 6.14. The SMILES string of the molecule is c1ccc(-c2ccc(N(c3ccc(-c4cc5ccccc5c5ccccc45)cc3)c3ccc4c(c3)C3(c5ccccc5Oc5ccccc53)c3ccc5ccccc5c3-4)cc2)cc1. The normalized spacial score (nSPS) is 13.0. The van der Waals surface area contributed by atoms with Crippen LogP contribution < -0.4 is 9.64 Å². The molecule has 0 amide bonds. The second-order valence-electron chi connectivity index (χ2n) is 16.8. The predicted molar refractivity (Wildman–Crippen MR) is 262 cm³/mol. The quantitative estimate of drug-likeness (QED) is 0.161. The molecule has 0 saturated heterocycles. The second kappa shape index (κ2) is 13.9. The molecule has 63 heavy (non-hydrogen) atoms. The van der Waals surface area contributed by atoms with Crippen molar-refractivity contribution in [3.63, 3.8) is 0 Å². The molecule has 2 heteroatoms. The van der Waals surface area contributed by atoms with Crippen LogP contribution in [-0.2, 0) is 5.41 Å². The third kappa shape index (κ3) is 5.32. The number of anilines is 3. The highest BCUT2D eigenvalue weighted by Crippen LogP contribution is 2.63. The van der Waals surface area contributed by atoms with Crippen molar-refractivity contribution in [2.75, 3.05) is 4.90 Å². The lowest BCUT2D eigenvalue weighted by molar-refractivity contribution is 0.436. The van der Waals surface area contributed by atoms with Crippen LogP contribution in [0.1, 0.15) is 22.3 Å². The molecule has 0 N–H and O–H groups in total. The summed E-state index contributed by atoms with van der Waals surface area (Å²) in [5.41, 5.74) is 14.8. The Balaban J connectivity index is 1.04. The van der Waals surface area contributed by atoms with E-state index in [0.717, 1.165) is 39.7 Å². The number of fused-ring (bicyclic) bond motifs is 14. The molecular formula is C61H39NO. The van der Waals surface area contributed by atoms with Crippen molar-refractivity contribution < 1.29 is 4.74 Å². The van der Waals surface area contributed by atoms with Gasteiger partial charge in [-0.2, -0.15) is 0 Å². The summed E-state index contributed by atoms with van der Waals surface area (Å²) in [6.07, 6.45) is 0. The summed E-state index contributed by atoms with van der Waals surface area (Å²) in [6, 6.07) is 86.5. The van der Waals surface area contributed by atoms with Gasteiger partial charge in [-0.25, -0.2) is 0 Å². The molecule has 0 fully saturated rings. The minimum Gasteiger partial charge on any atom is -0.457 e. The Labute approximate surface area is 366 Å². The minimum atomic E-state index is -0.611. The zero-order valence-electron chi connectivity index (χ0n) is 34.4. The molecule has 0 atom stereocenters. The van der Waals surface area contributed by atoms with Crippen LogP contribution in [-0.4, -0.2) is 0 Å². The van der Waals surface area contributed by atoms with Gasteiger partial charge in [0.2, 0.25) is 0 Å². The summed E-state index contributed by atoms with van der Waals surface area (Å²) in [6.45, 7) is 0. The van der Waals surface area contributed by atoms with Gasteiger partial charge in [0.05, 0.1) is 5.41 Å². The maximum Gasteiger partial charge on any atom is 0.132 e. The first-order chi connectivity index (χ1) is 31.2. The van der Waals surface area contributed by atoms with Gasteiger partial charge < -0.3 is 9.64 Å². The molecule has 1 aliphatic heterocycles. The highest BCUT2D eigenvalue weighted by Gasteiger charge is 2.51. The fourth-order valence-electron chi connectivity index (χ4n) is 10.8. The second-order valence-corrected chi connectivity index (χ2v) is 16.8. The maximum absolute atomic E-state index is 6.73. The Hall–Kier alpha value is -8.20. The van der Waals surface area contributed by atoms with E-state index >= 15 is 0 Å². The van der Waals surface area contributed by atoms with Gasteiger partial charge in [-0.05, 0) is 131 Å². The van der Waals surface area contributed by atoms with E-state index in [1.807, 2.05) is 0 Å². The molecule has 1 spiro atoms. The molecule has 294 valence electrons. The van der Waals surface area contributed by atoms with Gasteiger partial charge in [-0.1, -0.05) is 182 Å².